The predicted octanol–water partition coefficient (Wildman–Crippen LogP) is 2.82. The molecule has 0 spiro atoms. The molecule has 4 nitrogen and oxygen atoms in total. The Morgan fingerprint density at radius 1 is 1.38 bits per heavy atom. The number of hydrogen-bond acceptors (Lipinski definition) is 3. The highest BCUT2D eigenvalue weighted by Crippen LogP contribution is 2.33. The van der Waals surface area contributed by atoms with Crippen LogP contribution in [0.1, 0.15) is 25.8 Å². The van der Waals surface area contributed by atoms with Crippen molar-refractivity contribution in [2.75, 3.05) is 13.1 Å². The number of piperidine rings is 1. The fourth-order valence-electron chi connectivity index (χ4n) is 2.49. The number of rotatable bonds is 2. The minimum Gasteiger partial charge on any atom is -0.327 e. The van der Waals surface area contributed by atoms with Crippen LogP contribution in [0, 0.1) is 12.3 Å². The van der Waals surface area contributed by atoms with E-state index >= 15 is 0 Å². The number of sulfonamides is 1. The first kappa shape index (κ1) is 18.7. The zero-order chi connectivity index (χ0) is 15.1. The number of halogens is 2. The van der Waals surface area contributed by atoms with Gasteiger partial charge in [-0.1, -0.05) is 37.6 Å². The van der Waals surface area contributed by atoms with Crippen molar-refractivity contribution in [1.29, 1.82) is 0 Å². The number of nitrogens with two attached hydrogens (primary N) is 1. The molecule has 0 bridgehead atoms. The molecule has 0 aliphatic carbocycles. The molecular formula is C14H22Cl2N2O2S. The lowest BCUT2D eigenvalue weighted by Gasteiger charge is -2.41. The van der Waals surface area contributed by atoms with Gasteiger partial charge in [0, 0.05) is 19.1 Å². The van der Waals surface area contributed by atoms with E-state index in [1.807, 2.05) is 13.8 Å². The van der Waals surface area contributed by atoms with E-state index in [4.69, 9.17) is 17.3 Å². The Morgan fingerprint density at radius 2 is 2.00 bits per heavy atom. The van der Waals surface area contributed by atoms with Gasteiger partial charge in [0.2, 0.25) is 10.0 Å². The summed E-state index contributed by atoms with van der Waals surface area (Å²) in [5, 5.41) is 0.306. The summed E-state index contributed by atoms with van der Waals surface area (Å²) in [6, 6.07) is 5.10. The second-order valence-corrected chi connectivity index (χ2v) is 8.39. The van der Waals surface area contributed by atoms with Gasteiger partial charge >= 0.3 is 0 Å². The molecule has 21 heavy (non-hydrogen) atoms. The van der Waals surface area contributed by atoms with Crippen LogP contribution in [0.3, 0.4) is 0 Å². The lowest BCUT2D eigenvalue weighted by molar-refractivity contribution is 0.155. The Bertz CT molecular complexity index is 617. The Kier molecular flexibility index (Phi) is 5.73. The summed E-state index contributed by atoms with van der Waals surface area (Å²) in [5.41, 5.74) is 6.59. The fraction of sp³-hybridized carbons (Fsp3) is 0.571. The van der Waals surface area contributed by atoms with E-state index < -0.39 is 10.0 Å². The van der Waals surface area contributed by atoms with Gasteiger partial charge in [-0.2, -0.15) is 4.31 Å². The third kappa shape index (κ3) is 3.54. The summed E-state index contributed by atoms with van der Waals surface area (Å²) in [6.07, 6.45) is 0.662. The van der Waals surface area contributed by atoms with Crippen molar-refractivity contribution in [3.8, 4) is 0 Å². The summed E-state index contributed by atoms with van der Waals surface area (Å²) in [5.74, 6) is 0. The molecule has 1 fully saturated rings. The van der Waals surface area contributed by atoms with Gasteiger partial charge in [-0.05, 0) is 30.4 Å². The van der Waals surface area contributed by atoms with Crippen LogP contribution in [-0.2, 0) is 10.0 Å². The van der Waals surface area contributed by atoms with Gasteiger partial charge in [0.05, 0.1) is 5.02 Å². The van der Waals surface area contributed by atoms with Gasteiger partial charge in [0.1, 0.15) is 4.90 Å². The minimum absolute atomic E-state index is 0. The van der Waals surface area contributed by atoms with Gasteiger partial charge in [-0.15, -0.1) is 12.4 Å². The number of aryl methyl sites for hydroxylation is 1. The molecule has 1 heterocycles. The molecule has 1 aliphatic heterocycles. The van der Waals surface area contributed by atoms with Crippen molar-refractivity contribution in [2.45, 2.75) is 38.1 Å². The molecule has 0 amide bonds. The lowest BCUT2D eigenvalue weighted by atomic mass is 9.81. The highest BCUT2D eigenvalue weighted by molar-refractivity contribution is 7.89. The molecule has 1 unspecified atom stereocenters. The van der Waals surface area contributed by atoms with Crippen LogP contribution in [0.4, 0.5) is 0 Å². The van der Waals surface area contributed by atoms with Crippen LogP contribution >= 0.6 is 24.0 Å². The molecule has 0 radical (unpaired) electrons. The molecule has 1 aliphatic rings. The number of hydrogen-bond donors (Lipinski definition) is 1. The molecule has 1 aromatic carbocycles. The van der Waals surface area contributed by atoms with E-state index in [1.165, 1.54) is 4.31 Å². The average Bonchev–Trinajstić information content (AvgIpc) is 2.35. The maximum absolute atomic E-state index is 12.8. The second-order valence-electron chi connectivity index (χ2n) is 6.11. The van der Waals surface area contributed by atoms with Crippen LogP contribution < -0.4 is 5.73 Å². The SMILES string of the molecule is Cc1cccc(S(=O)(=O)N2CCC(N)C(C)(C)C2)c1Cl.Cl. The van der Waals surface area contributed by atoms with E-state index in [2.05, 4.69) is 0 Å². The Labute approximate surface area is 138 Å². The molecule has 1 saturated heterocycles. The number of nitrogens with zero attached hydrogens (tertiary/aromatic N) is 1. The van der Waals surface area contributed by atoms with Gasteiger partial charge < -0.3 is 5.73 Å². The first-order valence-corrected chi connectivity index (χ1v) is 8.49. The normalized spacial score (nSPS) is 22.6. The summed E-state index contributed by atoms with van der Waals surface area (Å²) in [6.45, 7) is 6.66. The van der Waals surface area contributed by atoms with Gasteiger partial charge in [0.15, 0.2) is 0 Å². The summed E-state index contributed by atoms with van der Waals surface area (Å²) in [4.78, 5) is 0.186. The highest BCUT2D eigenvalue weighted by Gasteiger charge is 2.39. The third-order valence-corrected chi connectivity index (χ3v) is 6.55. The molecule has 0 aromatic heterocycles. The first-order valence-electron chi connectivity index (χ1n) is 6.67. The molecule has 2 N–H and O–H groups in total. The summed E-state index contributed by atoms with van der Waals surface area (Å²) in [7, 11) is -3.56. The molecular weight excluding hydrogens is 331 g/mol. The smallest absolute Gasteiger partial charge is 0.244 e. The predicted molar refractivity (Wildman–Crippen MR) is 88.6 cm³/mol. The van der Waals surface area contributed by atoms with Crippen LogP contribution in [0.2, 0.25) is 5.02 Å². The third-order valence-electron chi connectivity index (χ3n) is 4.05. The standard InChI is InChI=1S/C14H21ClN2O2S.ClH/c1-10-5-4-6-11(13(10)15)20(18,19)17-8-7-12(16)14(2,3)9-17;/h4-6,12H,7-9,16H2,1-3H3;1H. The molecule has 120 valence electrons. The zero-order valence-corrected chi connectivity index (χ0v) is 14.9. The minimum atomic E-state index is -3.56. The van der Waals surface area contributed by atoms with Crippen LogP contribution in [0.5, 0.6) is 0 Å². The van der Waals surface area contributed by atoms with E-state index in [1.54, 1.807) is 25.1 Å². The van der Waals surface area contributed by atoms with E-state index in [0.717, 1.165) is 5.56 Å². The van der Waals surface area contributed by atoms with Gasteiger partial charge in [-0.25, -0.2) is 8.42 Å². The molecule has 7 heteroatoms. The fourth-order valence-corrected chi connectivity index (χ4v) is 4.67. The van der Waals surface area contributed by atoms with E-state index in [-0.39, 0.29) is 28.8 Å². The largest absolute Gasteiger partial charge is 0.327 e. The van der Waals surface area contributed by atoms with E-state index in [9.17, 15) is 8.42 Å². The molecule has 1 aromatic rings. The summed E-state index contributed by atoms with van der Waals surface area (Å²) >= 11 is 6.17. The monoisotopic (exact) mass is 352 g/mol. The Hall–Kier alpha value is -0.330. The van der Waals surface area contributed by atoms with Crippen molar-refractivity contribution < 1.29 is 8.42 Å². The van der Waals surface area contributed by atoms with Crippen molar-refractivity contribution in [3.63, 3.8) is 0 Å². The zero-order valence-electron chi connectivity index (χ0n) is 12.5. The lowest BCUT2D eigenvalue weighted by Crippen LogP contribution is -2.53. The highest BCUT2D eigenvalue weighted by atomic mass is 35.5. The van der Waals surface area contributed by atoms with Crippen molar-refractivity contribution in [2.24, 2.45) is 11.1 Å². The molecule has 0 saturated carbocycles. The van der Waals surface area contributed by atoms with Crippen LogP contribution in [0.25, 0.3) is 0 Å². The maximum Gasteiger partial charge on any atom is 0.244 e. The van der Waals surface area contributed by atoms with Crippen LogP contribution in [-0.4, -0.2) is 31.9 Å². The van der Waals surface area contributed by atoms with Crippen molar-refractivity contribution in [1.82, 2.24) is 4.31 Å². The van der Waals surface area contributed by atoms with Crippen molar-refractivity contribution in [3.05, 3.63) is 28.8 Å². The van der Waals surface area contributed by atoms with Gasteiger partial charge in [-0.3, -0.25) is 0 Å². The number of benzene rings is 1. The van der Waals surface area contributed by atoms with E-state index in [0.29, 0.717) is 24.5 Å². The average molecular weight is 353 g/mol. The maximum atomic E-state index is 12.8. The second kappa shape index (κ2) is 6.42. The Balaban J connectivity index is 0.00000220. The molecule has 1 atom stereocenters. The molecule has 2 rings (SSSR count). The van der Waals surface area contributed by atoms with Crippen LogP contribution in [0.15, 0.2) is 23.1 Å². The summed E-state index contributed by atoms with van der Waals surface area (Å²) < 4.78 is 27.0. The quantitative estimate of drug-likeness (QED) is 0.889. The van der Waals surface area contributed by atoms with Gasteiger partial charge in [0.25, 0.3) is 0 Å². The Morgan fingerprint density at radius 3 is 2.57 bits per heavy atom. The topological polar surface area (TPSA) is 63.4 Å². The van der Waals surface area contributed by atoms with Crippen molar-refractivity contribution >= 4 is 34.0 Å². The first-order chi connectivity index (χ1) is 9.16.